The van der Waals surface area contributed by atoms with Crippen molar-refractivity contribution < 1.29 is 9.90 Å². The third-order valence-electron chi connectivity index (χ3n) is 8.73. The summed E-state index contributed by atoms with van der Waals surface area (Å²) in [5.74, 6) is 0.863. The molecule has 1 atom stereocenters. The van der Waals surface area contributed by atoms with E-state index >= 15 is 0 Å². The molecule has 2 aliphatic heterocycles. The minimum absolute atomic E-state index is 0.0909. The highest BCUT2D eigenvalue weighted by molar-refractivity contribution is 5.86. The second kappa shape index (κ2) is 9.82. The quantitative estimate of drug-likeness (QED) is 0.503. The number of carbonyl (C=O) groups excluding carboxylic acids is 1. The lowest BCUT2D eigenvalue weighted by molar-refractivity contribution is -0.147. The predicted octanol–water partition coefficient (Wildman–Crippen LogP) is 2.80. The predicted molar refractivity (Wildman–Crippen MR) is 148 cm³/mol. The summed E-state index contributed by atoms with van der Waals surface area (Å²) in [6.07, 6.45) is 6.86. The lowest BCUT2D eigenvalue weighted by Gasteiger charge is -2.59. The number of β-amino-alcohol motifs (C(OH)–C–C–N with tert-alkyl or cyclic N) is 1. The summed E-state index contributed by atoms with van der Waals surface area (Å²) in [7, 11) is 0. The Morgan fingerprint density at radius 2 is 1.95 bits per heavy atom. The molecule has 1 spiro atoms. The van der Waals surface area contributed by atoms with E-state index in [1.54, 1.807) is 17.7 Å². The molecule has 1 saturated heterocycles. The number of amides is 1. The number of hydrogen-bond acceptors (Lipinski definition) is 6. The number of rotatable bonds is 7. The summed E-state index contributed by atoms with van der Waals surface area (Å²) in [6, 6.07) is 10.7. The van der Waals surface area contributed by atoms with Gasteiger partial charge in [0.2, 0.25) is 5.91 Å². The number of aliphatic hydroxyl groups is 1. The number of nitrogens with one attached hydrogen (secondary N) is 1. The van der Waals surface area contributed by atoms with Gasteiger partial charge in [-0.3, -0.25) is 14.5 Å². The summed E-state index contributed by atoms with van der Waals surface area (Å²) in [4.78, 5) is 33.8. The highest BCUT2D eigenvalue weighted by Crippen LogP contribution is 2.49. The number of benzene rings is 1. The molecule has 1 amide bonds. The van der Waals surface area contributed by atoms with Crippen molar-refractivity contribution in [3.8, 4) is 0 Å². The van der Waals surface area contributed by atoms with Crippen LogP contribution >= 0.6 is 0 Å². The van der Waals surface area contributed by atoms with Crippen molar-refractivity contribution in [1.29, 1.82) is 0 Å². The minimum Gasteiger partial charge on any atom is -0.390 e. The molecule has 3 aliphatic rings. The summed E-state index contributed by atoms with van der Waals surface area (Å²) in [6.45, 7) is 7.95. The number of aliphatic hydroxyl groups excluding tert-OH is 1. The van der Waals surface area contributed by atoms with E-state index in [9.17, 15) is 14.7 Å². The van der Waals surface area contributed by atoms with Crippen LogP contribution in [0.3, 0.4) is 0 Å². The van der Waals surface area contributed by atoms with Crippen LogP contribution in [-0.2, 0) is 30.7 Å². The molecule has 8 heteroatoms. The van der Waals surface area contributed by atoms with Gasteiger partial charge in [-0.05, 0) is 48.4 Å². The normalized spacial score (nSPS) is 19.6. The summed E-state index contributed by atoms with van der Waals surface area (Å²) >= 11 is 0. The SMILES string of the molecule is CCc1cn(C[C@H](O)CN2CCc3ccccc3C2)c(=O)c2cc(NC3CC4(C3)CN(C(C)=O)C4)ncc12. The molecule has 2 fully saturated rings. The molecule has 4 heterocycles. The van der Waals surface area contributed by atoms with Gasteiger partial charge in [-0.25, -0.2) is 4.98 Å². The van der Waals surface area contributed by atoms with Gasteiger partial charge < -0.3 is 19.9 Å². The minimum atomic E-state index is -0.636. The molecule has 0 unspecified atom stereocenters. The number of hydrogen-bond donors (Lipinski definition) is 2. The molecule has 38 heavy (non-hydrogen) atoms. The Morgan fingerprint density at radius 1 is 1.18 bits per heavy atom. The van der Waals surface area contributed by atoms with Gasteiger partial charge in [-0.1, -0.05) is 31.2 Å². The topological polar surface area (TPSA) is 90.7 Å². The maximum atomic E-state index is 13.5. The van der Waals surface area contributed by atoms with Crippen LogP contribution < -0.4 is 10.9 Å². The molecule has 1 saturated carbocycles. The van der Waals surface area contributed by atoms with E-state index in [1.807, 2.05) is 17.2 Å². The monoisotopic (exact) mass is 515 g/mol. The van der Waals surface area contributed by atoms with Gasteiger partial charge in [-0.15, -0.1) is 0 Å². The zero-order valence-corrected chi connectivity index (χ0v) is 22.3. The Kier molecular flexibility index (Phi) is 6.48. The number of nitrogens with zero attached hydrogens (tertiary/aromatic N) is 4. The lowest BCUT2D eigenvalue weighted by Crippen LogP contribution is -2.65. The standard InChI is InChI=1S/C30H37N5O3/c1-3-21-15-34(17-25(37)16-33-9-8-22-6-4-5-7-23(22)14-33)29(38)26-10-28(31-13-27(21)26)32-24-11-30(12-24)18-35(19-30)20(2)36/h4-7,10,13,15,24-25,37H,3,8-9,11-12,14,16-19H2,1-2H3,(H,31,32)/t25-/m1/s1. The number of pyridine rings is 2. The summed E-state index contributed by atoms with van der Waals surface area (Å²) in [5, 5.41) is 16.0. The van der Waals surface area contributed by atoms with Crippen molar-refractivity contribution in [1.82, 2.24) is 19.4 Å². The van der Waals surface area contributed by atoms with Crippen LogP contribution in [0.5, 0.6) is 0 Å². The van der Waals surface area contributed by atoms with Crippen LogP contribution in [0.2, 0.25) is 0 Å². The van der Waals surface area contributed by atoms with Gasteiger partial charge in [0.1, 0.15) is 5.82 Å². The number of aromatic nitrogens is 2. The van der Waals surface area contributed by atoms with Crippen molar-refractivity contribution in [2.45, 2.75) is 64.8 Å². The average molecular weight is 516 g/mol. The molecule has 3 aromatic rings. The number of likely N-dealkylation sites (tertiary alicyclic amines) is 1. The fraction of sp³-hybridized carbons (Fsp3) is 0.500. The zero-order chi connectivity index (χ0) is 26.4. The first kappa shape index (κ1) is 25.1. The molecule has 200 valence electrons. The van der Waals surface area contributed by atoms with Crippen molar-refractivity contribution in [3.63, 3.8) is 0 Å². The van der Waals surface area contributed by atoms with Crippen molar-refractivity contribution in [2.75, 3.05) is 31.5 Å². The van der Waals surface area contributed by atoms with Gasteiger partial charge in [0.25, 0.3) is 5.56 Å². The van der Waals surface area contributed by atoms with E-state index in [-0.39, 0.29) is 23.4 Å². The molecule has 8 nitrogen and oxygen atoms in total. The van der Waals surface area contributed by atoms with Gasteiger partial charge in [0, 0.05) is 68.9 Å². The van der Waals surface area contributed by atoms with Gasteiger partial charge in [0.05, 0.1) is 18.0 Å². The van der Waals surface area contributed by atoms with Crippen LogP contribution in [-0.4, -0.2) is 68.7 Å². The molecule has 6 rings (SSSR count). The van der Waals surface area contributed by atoms with E-state index < -0.39 is 6.10 Å². The number of aryl methyl sites for hydroxylation is 1. The Morgan fingerprint density at radius 3 is 2.68 bits per heavy atom. The van der Waals surface area contributed by atoms with Crippen molar-refractivity contribution in [3.05, 3.63) is 69.8 Å². The van der Waals surface area contributed by atoms with E-state index in [2.05, 4.69) is 46.4 Å². The van der Waals surface area contributed by atoms with Crippen LogP contribution in [0.25, 0.3) is 10.8 Å². The van der Waals surface area contributed by atoms with E-state index in [4.69, 9.17) is 0 Å². The lowest BCUT2D eigenvalue weighted by atomic mass is 9.60. The first-order valence-corrected chi connectivity index (χ1v) is 13.8. The van der Waals surface area contributed by atoms with E-state index in [0.29, 0.717) is 23.8 Å². The summed E-state index contributed by atoms with van der Waals surface area (Å²) < 4.78 is 1.68. The van der Waals surface area contributed by atoms with Crippen LogP contribution in [0.4, 0.5) is 5.82 Å². The van der Waals surface area contributed by atoms with Crippen molar-refractivity contribution in [2.24, 2.45) is 5.41 Å². The highest BCUT2D eigenvalue weighted by atomic mass is 16.3. The summed E-state index contributed by atoms with van der Waals surface area (Å²) in [5.41, 5.74) is 3.93. The van der Waals surface area contributed by atoms with E-state index in [0.717, 1.165) is 62.8 Å². The molecular weight excluding hydrogens is 478 g/mol. The second-order valence-corrected chi connectivity index (χ2v) is 11.6. The Hall–Kier alpha value is -3.23. The maximum Gasteiger partial charge on any atom is 0.258 e. The first-order chi connectivity index (χ1) is 18.3. The largest absolute Gasteiger partial charge is 0.390 e. The molecule has 2 aromatic heterocycles. The fourth-order valence-electron chi connectivity index (χ4n) is 6.69. The number of anilines is 1. The molecule has 0 radical (unpaired) electrons. The zero-order valence-electron chi connectivity index (χ0n) is 22.3. The number of carbonyl (C=O) groups is 1. The third-order valence-corrected chi connectivity index (χ3v) is 8.73. The Bertz CT molecular complexity index is 1420. The van der Waals surface area contributed by atoms with E-state index in [1.165, 1.54) is 11.1 Å². The molecule has 1 aliphatic carbocycles. The molecule has 0 bridgehead atoms. The fourth-order valence-corrected chi connectivity index (χ4v) is 6.69. The average Bonchev–Trinajstić information content (AvgIpc) is 2.86. The Labute approximate surface area is 223 Å². The molecular formula is C30H37N5O3. The maximum absolute atomic E-state index is 13.5. The Balaban J connectivity index is 1.14. The highest BCUT2D eigenvalue weighted by Gasteiger charge is 2.53. The molecule has 1 aromatic carbocycles. The third kappa shape index (κ3) is 4.71. The van der Waals surface area contributed by atoms with Crippen molar-refractivity contribution >= 4 is 22.5 Å². The van der Waals surface area contributed by atoms with Gasteiger partial charge in [0.15, 0.2) is 0 Å². The van der Waals surface area contributed by atoms with Gasteiger partial charge in [-0.2, -0.15) is 0 Å². The van der Waals surface area contributed by atoms with Crippen LogP contribution in [0.15, 0.2) is 47.5 Å². The smallest absolute Gasteiger partial charge is 0.258 e. The van der Waals surface area contributed by atoms with Gasteiger partial charge >= 0.3 is 0 Å². The first-order valence-electron chi connectivity index (χ1n) is 13.8. The van der Waals surface area contributed by atoms with Crippen LogP contribution in [0, 0.1) is 5.41 Å². The second-order valence-electron chi connectivity index (χ2n) is 11.6. The number of fused-ring (bicyclic) bond motifs is 2. The molecule has 2 N–H and O–H groups in total. The van der Waals surface area contributed by atoms with Crippen LogP contribution in [0.1, 0.15) is 43.4 Å².